The number of hydrogen-bond donors (Lipinski definition) is 1. The minimum absolute atomic E-state index is 0.199. The summed E-state index contributed by atoms with van der Waals surface area (Å²) in [6.07, 6.45) is 0. The van der Waals surface area contributed by atoms with Gasteiger partial charge in [0.1, 0.15) is 0 Å². The lowest BCUT2D eigenvalue weighted by Gasteiger charge is -2.35. The normalized spacial score (nSPS) is 18.8. The first-order valence-corrected chi connectivity index (χ1v) is 9.45. The maximum absolute atomic E-state index is 13.2. The van der Waals surface area contributed by atoms with Crippen LogP contribution in [0.3, 0.4) is 0 Å². The molecule has 132 valence electrons. The van der Waals surface area contributed by atoms with Crippen LogP contribution in [0.25, 0.3) is 0 Å². The van der Waals surface area contributed by atoms with Gasteiger partial charge in [0.05, 0.1) is 11.0 Å². The molecule has 1 aliphatic rings. The number of rotatable bonds is 4. The van der Waals surface area contributed by atoms with E-state index in [1.54, 1.807) is 24.3 Å². The van der Waals surface area contributed by atoms with Crippen molar-refractivity contribution in [3.63, 3.8) is 0 Å². The van der Waals surface area contributed by atoms with Crippen LogP contribution < -0.4 is 5.32 Å². The molecule has 0 amide bonds. The van der Waals surface area contributed by atoms with Crippen LogP contribution >= 0.6 is 11.6 Å². The van der Waals surface area contributed by atoms with Gasteiger partial charge in [-0.1, -0.05) is 41.9 Å². The number of nitro groups is 1. The number of piperazine rings is 1. The first-order chi connectivity index (χ1) is 11.9. The van der Waals surface area contributed by atoms with Gasteiger partial charge in [0.2, 0.25) is 0 Å². The Hall–Kier alpha value is -2.00. The number of hydrogen-bond acceptors (Lipinski definition) is 5. The number of nitrogens with one attached hydrogen (secondary N) is 1. The van der Waals surface area contributed by atoms with E-state index in [0.29, 0.717) is 23.7 Å². The van der Waals surface area contributed by atoms with Gasteiger partial charge in [0.15, 0.2) is 4.90 Å². The van der Waals surface area contributed by atoms with Crippen molar-refractivity contribution in [1.29, 1.82) is 0 Å². The lowest BCUT2D eigenvalue weighted by atomic mass is 10.1. The van der Waals surface area contributed by atoms with Crippen molar-refractivity contribution >= 4 is 27.3 Å². The topological polar surface area (TPSA) is 92.5 Å². The van der Waals surface area contributed by atoms with Crippen molar-refractivity contribution in [3.05, 3.63) is 69.2 Å². The van der Waals surface area contributed by atoms with Crippen molar-refractivity contribution in [1.82, 2.24) is 9.62 Å². The molecule has 0 aliphatic carbocycles. The largest absolute Gasteiger partial charge is 0.313 e. The minimum Gasteiger partial charge on any atom is -0.313 e. The Bertz CT molecular complexity index is 904. The van der Waals surface area contributed by atoms with Gasteiger partial charge in [0, 0.05) is 30.7 Å². The van der Waals surface area contributed by atoms with E-state index >= 15 is 0 Å². The van der Waals surface area contributed by atoms with Gasteiger partial charge in [-0.05, 0) is 17.7 Å². The van der Waals surface area contributed by atoms with Crippen LogP contribution in [0, 0.1) is 10.1 Å². The van der Waals surface area contributed by atoms with Crippen molar-refractivity contribution in [2.45, 2.75) is 10.9 Å². The molecule has 0 aromatic heterocycles. The van der Waals surface area contributed by atoms with E-state index in [1.807, 2.05) is 0 Å². The van der Waals surface area contributed by atoms with Gasteiger partial charge in [-0.25, -0.2) is 8.42 Å². The standard InChI is InChI=1S/C16H16ClN3O4S/c17-13-6-2-1-5-12(13)15-11-18-9-10-19(15)25(23,24)16-8-4-3-7-14(16)20(21)22/h1-8,15,18H,9-11H2. The summed E-state index contributed by atoms with van der Waals surface area (Å²) in [5.41, 5.74) is 0.234. The predicted octanol–water partition coefficient (Wildman–Crippen LogP) is 2.58. The number of halogens is 1. The smallest absolute Gasteiger partial charge is 0.289 e. The van der Waals surface area contributed by atoms with Crippen LogP contribution in [-0.2, 0) is 10.0 Å². The zero-order valence-electron chi connectivity index (χ0n) is 13.1. The van der Waals surface area contributed by atoms with Crippen LogP contribution in [0.5, 0.6) is 0 Å². The Balaban J connectivity index is 2.09. The second-order valence-corrected chi connectivity index (χ2v) is 7.85. The summed E-state index contributed by atoms with van der Waals surface area (Å²) in [5.74, 6) is 0. The van der Waals surface area contributed by atoms with Crippen LogP contribution in [0.2, 0.25) is 5.02 Å². The van der Waals surface area contributed by atoms with Crippen LogP contribution in [-0.4, -0.2) is 37.3 Å². The zero-order valence-corrected chi connectivity index (χ0v) is 14.7. The summed E-state index contributed by atoms with van der Waals surface area (Å²) in [7, 11) is -4.06. The third kappa shape index (κ3) is 3.38. The molecule has 2 aromatic carbocycles. The number of nitrogens with zero attached hydrogens (tertiary/aromatic N) is 2. The van der Waals surface area contributed by atoms with E-state index in [0.717, 1.165) is 0 Å². The molecule has 1 aliphatic heterocycles. The molecule has 1 heterocycles. The highest BCUT2D eigenvalue weighted by Crippen LogP contribution is 2.35. The molecule has 7 nitrogen and oxygen atoms in total. The molecule has 1 atom stereocenters. The molecule has 1 saturated heterocycles. The molecule has 0 spiro atoms. The van der Waals surface area contributed by atoms with Gasteiger partial charge in [0.25, 0.3) is 15.7 Å². The zero-order chi connectivity index (χ0) is 18.0. The lowest BCUT2D eigenvalue weighted by molar-refractivity contribution is -0.387. The van der Waals surface area contributed by atoms with Crippen LogP contribution in [0.15, 0.2) is 53.4 Å². The second-order valence-electron chi connectivity index (χ2n) is 5.58. The van der Waals surface area contributed by atoms with E-state index in [1.165, 1.54) is 28.6 Å². The second kappa shape index (κ2) is 7.09. The van der Waals surface area contributed by atoms with Crippen LogP contribution in [0.1, 0.15) is 11.6 Å². The highest BCUT2D eigenvalue weighted by atomic mass is 35.5. The predicted molar refractivity (Wildman–Crippen MR) is 94.1 cm³/mol. The van der Waals surface area contributed by atoms with Crippen molar-refractivity contribution in [2.75, 3.05) is 19.6 Å². The number of sulfonamides is 1. The fourth-order valence-electron chi connectivity index (χ4n) is 2.94. The quantitative estimate of drug-likeness (QED) is 0.649. The summed E-state index contributed by atoms with van der Waals surface area (Å²) in [6.45, 7) is 1.04. The molecular weight excluding hydrogens is 366 g/mol. The average Bonchev–Trinajstić information content (AvgIpc) is 2.62. The van der Waals surface area contributed by atoms with Crippen molar-refractivity contribution in [3.8, 4) is 0 Å². The van der Waals surface area contributed by atoms with Gasteiger partial charge >= 0.3 is 0 Å². The molecule has 25 heavy (non-hydrogen) atoms. The molecule has 9 heteroatoms. The summed E-state index contributed by atoms with van der Waals surface area (Å²) in [5, 5.41) is 14.9. The minimum atomic E-state index is -4.06. The molecular formula is C16H16ClN3O4S. The van der Waals surface area contributed by atoms with Crippen molar-refractivity contribution in [2.24, 2.45) is 0 Å². The van der Waals surface area contributed by atoms with Crippen molar-refractivity contribution < 1.29 is 13.3 Å². The molecule has 3 rings (SSSR count). The molecule has 0 radical (unpaired) electrons. The van der Waals surface area contributed by atoms with E-state index < -0.39 is 26.7 Å². The van der Waals surface area contributed by atoms with Crippen LogP contribution in [0.4, 0.5) is 5.69 Å². The highest BCUT2D eigenvalue weighted by Gasteiger charge is 2.38. The SMILES string of the molecule is O=[N+]([O-])c1ccccc1S(=O)(=O)N1CCNCC1c1ccccc1Cl. The third-order valence-electron chi connectivity index (χ3n) is 4.11. The lowest BCUT2D eigenvalue weighted by Crippen LogP contribution is -2.48. The van der Waals surface area contributed by atoms with Gasteiger partial charge in [-0.15, -0.1) is 0 Å². The van der Waals surface area contributed by atoms with E-state index in [9.17, 15) is 18.5 Å². The molecule has 0 saturated carbocycles. The average molecular weight is 382 g/mol. The third-order valence-corrected chi connectivity index (χ3v) is 6.41. The molecule has 1 fully saturated rings. The summed E-state index contributed by atoms with van der Waals surface area (Å²) in [6, 6.07) is 11.9. The Morgan fingerprint density at radius 3 is 2.56 bits per heavy atom. The van der Waals surface area contributed by atoms with Gasteiger partial charge in [-0.2, -0.15) is 4.31 Å². The molecule has 0 bridgehead atoms. The Morgan fingerprint density at radius 2 is 1.84 bits per heavy atom. The van der Waals surface area contributed by atoms with E-state index in [-0.39, 0.29) is 11.4 Å². The highest BCUT2D eigenvalue weighted by molar-refractivity contribution is 7.89. The monoisotopic (exact) mass is 381 g/mol. The Labute approximate surface area is 150 Å². The van der Waals surface area contributed by atoms with Gasteiger partial charge in [-0.3, -0.25) is 10.1 Å². The number of nitro benzene ring substituents is 1. The summed E-state index contributed by atoms with van der Waals surface area (Å²) < 4.78 is 27.6. The first kappa shape index (κ1) is 17.8. The van der Waals surface area contributed by atoms with E-state index in [4.69, 9.17) is 11.6 Å². The number of benzene rings is 2. The fourth-order valence-corrected chi connectivity index (χ4v) is 4.96. The summed E-state index contributed by atoms with van der Waals surface area (Å²) >= 11 is 6.24. The van der Waals surface area contributed by atoms with Gasteiger partial charge < -0.3 is 5.32 Å². The first-order valence-electron chi connectivity index (χ1n) is 7.63. The maximum Gasteiger partial charge on any atom is 0.289 e. The Morgan fingerprint density at radius 1 is 1.16 bits per heavy atom. The Kier molecular flexibility index (Phi) is 5.05. The molecule has 2 aromatic rings. The van der Waals surface area contributed by atoms with E-state index in [2.05, 4.69) is 5.32 Å². The molecule has 1 unspecified atom stereocenters. The molecule has 1 N–H and O–H groups in total. The summed E-state index contributed by atoms with van der Waals surface area (Å²) in [4.78, 5) is 10.3. The fraction of sp³-hybridized carbons (Fsp3) is 0.250. The maximum atomic E-state index is 13.2. The number of para-hydroxylation sites is 1.